The summed E-state index contributed by atoms with van der Waals surface area (Å²) in [6.45, 7) is 0.866. The first kappa shape index (κ1) is 25.3. The van der Waals surface area contributed by atoms with E-state index >= 15 is 0 Å². The van der Waals surface area contributed by atoms with E-state index in [1.54, 1.807) is 31.4 Å². The molecule has 2 aromatic heterocycles. The number of carbonyl (C=O) groups excluding carboxylic acids is 1. The Labute approximate surface area is 221 Å². The lowest BCUT2D eigenvalue weighted by Crippen LogP contribution is -2.16. The van der Waals surface area contributed by atoms with Crippen molar-refractivity contribution in [2.24, 2.45) is 0 Å². The minimum atomic E-state index is -0.549. The molecule has 2 aromatic carbocycles. The van der Waals surface area contributed by atoms with Crippen LogP contribution in [0.2, 0.25) is 0 Å². The number of fused-ring (bicyclic) bond motifs is 1. The van der Waals surface area contributed by atoms with Crippen molar-refractivity contribution in [3.05, 3.63) is 76.5 Å². The average Bonchev–Trinajstić information content (AvgIpc) is 3.46. The zero-order chi connectivity index (χ0) is 27.4. The molecule has 0 bridgehead atoms. The van der Waals surface area contributed by atoms with Crippen LogP contribution in [-0.2, 0) is 4.74 Å². The Bertz CT molecular complexity index is 1580. The summed E-state index contributed by atoms with van der Waals surface area (Å²) in [6, 6.07) is 11.6. The Morgan fingerprint density at radius 2 is 1.92 bits per heavy atom. The fourth-order valence-electron chi connectivity index (χ4n) is 3.97. The predicted octanol–water partition coefficient (Wildman–Crippen LogP) is 3.98. The largest absolute Gasteiger partial charge is 0.497 e. The average molecular weight is 527 g/mol. The van der Waals surface area contributed by atoms with Gasteiger partial charge in [-0.25, -0.2) is 9.97 Å². The number of methoxy groups -OCH3 is 1. The highest BCUT2D eigenvalue weighted by Gasteiger charge is 2.25. The molecule has 0 saturated carbocycles. The molecule has 0 radical (unpaired) electrons. The number of nitro groups is 1. The van der Waals surface area contributed by atoms with Gasteiger partial charge in [0.2, 0.25) is 5.82 Å². The van der Waals surface area contributed by atoms with Gasteiger partial charge in [0.05, 0.1) is 60.1 Å². The fourth-order valence-corrected chi connectivity index (χ4v) is 3.97. The van der Waals surface area contributed by atoms with Gasteiger partial charge in [-0.1, -0.05) is 0 Å². The molecule has 1 unspecified atom stereocenters. The number of hydrogen-bond acceptors (Lipinski definition) is 11. The third-order valence-electron chi connectivity index (χ3n) is 5.92. The molecule has 2 N–H and O–H groups in total. The van der Waals surface area contributed by atoms with Crippen LogP contribution in [0, 0.1) is 21.4 Å². The molecule has 5 rings (SSSR count). The molecular weight excluding hydrogens is 506 g/mol. The van der Waals surface area contributed by atoms with Gasteiger partial charge in [0.1, 0.15) is 17.9 Å². The number of rotatable bonds is 8. The lowest BCUT2D eigenvalue weighted by molar-refractivity contribution is -0.385. The molecular formula is C26H21N7O6. The number of nitriles is 1. The van der Waals surface area contributed by atoms with E-state index in [1.165, 1.54) is 30.7 Å². The van der Waals surface area contributed by atoms with Gasteiger partial charge in [0.25, 0.3) is 5.91 Å². The van der Waals surface area contributed by atoms with Gasteiger partial charge in [0, 0.05) is 35.8 Å². The van der Waals surface area contributed by atoms with Crippen LogP contribution in [0.3, 0.4) is 0 Å². The molecule has 1 saturated heterocycles. The molecule has 0 spiro atoms. The molecule has 196 valence electrons. The van der Waals surface area contributed by atoms with Crippen LogP contribution in [-0.4, -0.2) is 52.2 Å². The van der Waals surface area contributed by atoms with E-state index < -0.39 is 10.8 Å². The van der Waals surface area contributed by atoms with Crippen molar-refractivity contribution in [3.8, 4) is 17.6 Å². The van der Waals surface area contributed by atoms with Gasteiger partial charge in [-0.05, 0) is 24.3 Å². The molecule has 1 fully saturated rings. The Morgan fingerprint density at radius 1 is 1.15 bits per heavy atom. The maximum Gasteiger partial charge on any atom is 0.311 e. The number of anilines is 3. The van der Waals surface area contributed by atoms with Crippen molar-refractivity contribution < 1.29 is 23.9 Å². The highest BCUT2D eigenvalue weighted by Crippen LogP contribution is 2.37. The minimum Gasteiger partial charge on any atom is -0.497 e. The molecule has 0 aliphatic carbocycles. The molecule has 4 aromatic rings. The van der Waals surface area contributed by atoms with Crippen LogP contribution in [0.15, 0.2) is 55.0 Å². The first-order chi connectivity index (χ1) is 18.9. The number of aromatic nitrogens is 3. The molecule has 1 aliphatic rings. The van der Waals surface area contributed by atoms with Crippen LogP contribution in [0.4, 0.5) is 22.7 Å². The van der Waals surface area contributed by atoms with Gasteiger partial charge in [-0.3, -0.25) is 19.9 Å². The van der Waals surface area contributed by atoms with Gasteiger partial charge in [0.15, 0.2) is 5.75 Å². The summed E-state index contributed by atoms with van der Waals surface area (Å²) < 4.78 is 16.2. The van der Waals surface area contributed by atoms with E-state index in [0.29, 0.717) is 47.7 Å². The van der Waals surface area contributed by atoms with E-state index in [0.717, 1.165) is 0 Å². The summed E-state index contributed by atoms with van der Waals surface area (Å²) in [5.74, 6) is 0.124. The maximum atomic E-state index is 12.5. The van der Waals surface area contributed by atoms with Crippen LogP contribution in [0.5, 0.6) is 11.5 Å². The summed E-state index contributed by atoms with van der Waals surface area (Å²) in [5.41, 5.74) is 1.44. The number of ether oxygens (including phenoxy) is 3. The molecule has 39 heavy (non-hydrogen) atoms. The van der Waals surface area contributed by atoms with Crippen molar-refractivity contribution in [1.82, 2.24) is 15.0 Å². The molecule has 3 heterocycles. The number of amides is 1. The van der Waals surface area contributed by atoms with Gasteiger partial charge < -0.3 is 24.8 Å². The number of pyridine rings is 1. The minimum absolute atomic E-state index is 0.0710. The number of hydrogen-bond donors (Lipinski definition) is 2. The molecule has 1 amide bonds. The summed E-state index contributed by atoms with van der Waals surface area (Å²) >= 11 is 0. The molecule has 13 heteroatoms. The summed E-state index contributed by atoms with van der Waals surface area (Å²) in [4.78, 5) is 36.4. The topological polar surface area (TPSA) is 174 Å². The van der Waals surface area contributed by atoms with Gasteiger partial charge in [-0.2, -0.15) is 5.26 Å². The number of benzene rings is 2. The van der Waals surface area contributed by atoms with Crippen LogP contribution in [0.25, 0.3) is 10.9 Å². The second kappa shape index (κ2) is 11.0. The molecule has 13 nitrogen and oxygen atoms in total. The Morgan fingerprint density at radius 3 is 2.56 bits per heavy atom. The first-order valence-corrected chi connectivity index (χ1v) is 11.8. The van der Waals surface area contributed by atoms with Crippen molar-refractivity contribution in [3.63, 3.8) is 0 Å². The lowest BCUT2D eigenvalue weighted by atomic mass is 10.1. The van der Waals surface area contributed by atoms with Crippen molar-refractivity contribution in [2.45, 2.75) is 12.5 Å². The third-order valence-corrected chi connectivity index (χ3v) is 5.92. The zero-order valence-electron chi connectivity index (χ0n) is 20.6. The standard InChI is InChI=1S/C26H21N7O6/c1-37-18-4-2-16(3-5-18)32-26(34)25-29-12-17(13-30-25)31-24-15(10-27)11-28-21-9-23(39-19-6-7-38-14-19)22(33(35)36)8-20(21)24/h2-5,8-9,11-13,19H,6-7,14H2,1H3,(H,28,31)(H,32,34). The van der Waals surface area contributed by atoms with Gasteiger partial charge >= 0.3 is 5.69 Å². The van der Waals surface area contributed by atoms with Crippen molar-refractivity contribution in [2.75, 3.05) is 31.0 Å². The molecule has 1 aliphatic heterocycles. The predicted molar refractivity (Wildman–Crippen MR) is 139 cm³/mol. The van der Waals surface area contributed by atoms with E-state index in [2.05, 4.69) is 25.6 Å². The maximum absolute atomic E-state index is 12.5. The Hall–Kier alpha value is -5.35. The monoisotopic (exact) mass is 527 g/mol. The van der Waals surface area contributed by atoms with E-state index in [1.807, 2.05) is 6.07 Å². The van der Waals surface area contributed by atoms with Crippen LogP contribution in [0.1, 0.15) is 22.6 Å². The summed E-state index contributed by atoms with van der Waals surface area (Å²) in [6.07, 6.45) is 4.42. The van der Waals surface area contributed by atoms with E-state index in [-0.39, 0.29) is 34.6 Å². The molecule has 1 atom stereocenters. The third kappa shape index (κ3) is 5.50. The van der Waals surface area contributed by atoms with Crippen LogP contribution >= 0.6 is 0 Å². The lowest BCUT2D eigenvalue weighted by Gasteiger charge is -2.15. The highest BCUT2D eigenvalue weighted by molar-refractivity contribution is 6.02. The Kier molecular flexibility index (Phi) is 7.11. The second-order valence-corrected chi connectivity index (χ2v) is 8.46. The van der Waals surface area contributed by atoms with E-state index in [9.17, 15) is 20.2 Å². The van der Waals surface area contributed by atoms with Crippen LogP contribution < -0.4 is 20.1 Å². The normalized spacial score (nSPS) is 14.4. The number of nitro benzene ring substituents is 1. The summed E-state index contributed by atoms with van der Waals surface area (Å²) in [7, 11) is 1.55. The number of nitrogens with one attached hydrogen (secondary N) is 2. The SMILES string of the molecule is COc1ccc(NC(=O)c2ncc(Nc3c(C#N)cnc4cc(OC5CCOC5)c([N+](=O)[O-])cc34)cn2)cc1. The Balaban J connectivity index is 1.41. The quantitative estimate of drug-likeness (QED) is 0.250. The smallest absolute Gasteiger partial charge is 0.311 e. The first-order valence-electron chi connectivity index (χ1n) is 11.8. The second-order valence-electron chi connectivity index (χ2n) is 8.46. The number of nitrogens with zero attached hydrogens (tertiary/aromatic N) is 5. The fraction of sp³-hybridized carbons (Fsp3) is 0.192. The zero-order valence-corrected chi connectivity index (χ0v) is 20.6. The van der Waals surface area contributed by atoms with Gasteiger partial charge in [-0.15, -0.1) is 0 Å². The highest BCUT2D eigenvalue weighted by atomic mass is 16.6. The van der Waals surface area contributed by atoms with E-state index in [4.69, 9.17) is 14.2 Å². The summed E-state index contributed by atoms with van der Waals surface area (Å²) in [5, 5.41) is 27.6. The van der Waals surface area contributed by atoms with Crippen molar-refractivity contribution >= 4 is 39.6 Å². The number of carbonyl (C=O) groups is 1. The van der Waals surface area contributed by atoms with Crippen molar-refractivity contribution in [1.29, 1.82) is 5.26 Å².